The van der Waals surface area contributed by atoms with Crippen LogP contribution in [0, 0.1) is 13.8 Å². The Kier molecular flexibility index (Phi) is 5.83. The molecule has 2 N–H and O–H groups in total. The van der Waals surface area contributed by atoms with Crippen molar-refractivity contribution in [1.29, 1.82) is 0 Å². The summed E-state index contributed by atoms with van der Waals surface area (Å²) in [7, 11) is 0. The van der Waals surface area contributed by atoms with Crippen molar-refractivity contribution in [2.45, 2.75) is 33.7 Å². The molecule has 2 heterocycles. The van der Waals surface area contributed by atoms with Crippen LogP contribution in [-0.4, -0.2) is 26.2 Å². The third kappa shape index (κ3) is 4.27. The van der Waals surface area contributed by atoms with Gasteiger partial charge in [0.2, 0.25) is 11.8 Å². The predicted molar refractivity (Wildman–Crippen MR) is 129 cm³/mol. The molecule has 8 heteroatoms. The second-order valence-corrected chi connectivity index (χ2v) is 7.99. The van der Waals surface area contributed by atoms with Crippen molar-refractivity contribution in [3.8, 4) is 5.69 Å². The molecule has 2 aromatic carbocycles. The molecule has 0 bridgehead atoms. The number of para-hydroxylation sites is 1. The molecule has 8 nitrogen and oxygen atoms in total. The van der Waals surface area contributed by atoms with Crippen LogP contribution in [-0.2, 0) is 9.59 Å². The molecule has 2 aromatic heterocycles. The van der Waals surface area contributed by atoms with E-state index in [0.29, 0.717) is 17.0 Å². The van der Waals surface area contributed by atoms with Crippen LogP contribution in [0.4, 0.5) is 11.4 Å². The smallest absolute Gasteiger partial charge is 0.253 e. The molecule has 4 aromatic rings. The van der Waals surface area contributed by atoms with Gasteiger partial charge in [-0.1, -0.05) is 18.2 Å². The van der Waals surface area contributed by atoms with Crippen LogP contribution in [0.3, 0.4) is 0 Å². The van der Waals surface area contributed by atoms with Crippen LogP contribution in [0.1, 0.15) is 31.1 Å². The molecule has 0 aliphatic carbocycles. The van der Waals surface area contributed by atoms with Gasteiger partial charge in [0.15, 0.2) is 0 Å². The molecule has 0 aliphatic rings. The quantitative estimate of drug-likeness (QED) is 0.488. The maximum atomic E-state index is 13.1. The molecule has 4 rings (SSSR count). The van der Waals surface area contributed by atoms with Crippen LogP contribution in [0.2, 0.25) is 0 Å². The van der Waals surface area contributed by atoms with E-state index in [1.165, 1.54) is 11.5 Å². The van der Waals surface area contributed by atoms with E-state index in [-0.39, 0.29) is 17.4 Å². The third-order valence-corrected chi connectivity index (χ3v) is 5.48. The Morgan fingerprint density at radius 2 is 1.55 bits per heavy atom. The van der Waals surface area contributed by atoms with Crippen molar-refractivity contribution >= 4 is 34.2 Å². The number of hydrogen-bond donors (Lipinski definition) is 2. The first-order chi connectivity index (χ1) is 15.8. The number of carbonyl (C=O) groups is 2. The minimum Gasteiger partial charge on any atom is -0.326 e. The molecule has 33 heavy (non-hydrogen) atoms. The Bertz CT molecular complexity index is 1400. The van der Waals surface area contributed by atoms with E-state index in [1.54, 1.807) is 41.9 Å². The van der Waals surface area contributed by atoms with E-state index < -0.39 is 6.04 Å². The molecule has 0 saturated heterocycles. The second kappa shape index (κ2) is 8.74. The van der Waals surface area contributed by atoms with E-state index in [2.05, 4.69) is 15.7 Å². The maximum absolute atomic E-state index is 13.1. The van der Waals surface area contributed by atoms with Crippen LogP contribution in [0.15, 0.2) is 65.5 Å². The van der Waals surface area contributed by atoms with Gasteiger partial charge in [-0.3, -0.25) is 19.0 Å². The zero-order chi connectivity index (χ0) is 23.7. The van der Waals surface area contributed by atoms with Crippen molar-refractivity contribution in [3.05, 3.63) is 82.3 Å². The fourth-order valence-electron chi connectivity index (χ4n) is 3.96. The molecular weight excluding hydrogens is 418 g/mol. The van der Waals surface area contributed by atoms with Crippen molar-refractivity contribution in [1.82, 2.24) is 14.3 Å². The standard InChI is InChI=1S/C25H25N5O3/c1-15-14-22(32)29(25-23(15)16(2)28-30(25)21-8-6-5-7-9-21)17(3)24(33)27-20-12-10-19(11-13-20)26-18(4)31/h5-14,17H,1-4H3,(H,26,31)(H,27,33)/t17-/m0/s1. The van der Waals surface area contributed by atoms with E-state index in [1.807, 2.05) is 44.2 Å². The Morgan fingerprint density at radius 3 is 2.15 bits per heavy atom. The number of carbonyl (C=O) groups excluding carboxylic acids is 2. The number of benzene rings is 2. The van der Waals surface area contributed by atoms with E-state index >= 15 is 0 Å². The number of nitrogens with zero attached hydrogens (tertiary/aromatic N) is 3. The van der Waals surface area contributed by atoms with Crippen molar-refractivity contribution in [2.24, 2.45) is 0 Å². The summed E-state index contributed by atoms with van der Waals surface area (Å²) in [6.07, 6.45) is 0. The summed E-state index contributed by atoms with van der Waals surface area (Å²) in [5.74, 6) is -0.513. The number of aromatic nitrogens is 3. The van der Waals surface area contributed by atoms with Gasteiger partial charge >= 0.3 is 0 Å². The molecule has 1 atom stereocenters. The molecule has 0 saturated carbocycles. The first-order valence-corrected chi connectivity index (χ1v) is 10.6. The van der Waals surface area contributed by atoms with Gasteiger partial charge in [-0.25, -0.2) is 4.68 Å². The summed E-state index contributed by atoms with van der Waals surface area (Å²) >= 11 is 0. The second-order valence-electron chi connectivity index (χ2n) is 7.99. The predicted octanol–water partition coefficient (Wildman–Crippen LogP) is 3.96. The number of aryl methyl sites for hydroxylation is 2. The lowest BCUT2D eigenvalue weighted by Gasteiger charge is -2.18. The lowest BCUT2D eigenvalue weighted by Crippen LogP contribution is -2.32. The first-order valence-electron chi connectivity index (χ1n) is 10.6. The summed E-state index contributed by atoms with van der Waals surface area (Å²) < 4.78 is 3.20. The lowest BCUT2D eigenvalue weighted by molar-refractivity contribution is -0.118. The number of fused-ring (bicyclic) bond motifs is 1. The summed E-state index contributed by atoms with van der Waals surface area (Å²) in [6.45, 7) is 6.89. The van der Waals surface area contributed by atoms with Gasteiger partial charge < -0.3 is 10.6 Å². The van der Waals surface area contributed by atoms with E-state index in [4.69, 9.17) is 0 Å². The van der Waals surface area contributed by atoms with E-state index in [0.717, 1.165) is 22.3 Å². The van der Waals surface area contributed by atoms with E-state index in [9.17, 15) is 14.4 Å². The third-order valence-electron chi connectivity index (χ3n) is 5.48. The number of anilines is 2. The Balaban J connectivity index is 1.75. The molecule has 2 amide bonds. The van der Waals surface area contributed by atoms with Crippen molar-refractivity contribution < 1.29 is 9.59 Å². The molecule has 0 aliphatic heterocycles. The van der Waals surface area contributed by atoms with Gasteiger partial charge in [0, 0.05) is 29.8 Å². The monoisotopic (exact) mass is 443 g/mol. The van der Waals surface area contributed by atoms with Crippen LogP contribution in [0.25, 0.3) is 16.7 Å². The number of nitrogens with one attached hydrogen (secondary N) is 2. The zero-order valence-electron chi connectivity index (χ0n) is 18.9. The van der Waals surface area contributed by atoms with Gasteiger partial charge in [-0.15, -0.1) is 0 Å². The normalized spacial score (nSPS) is 11.9. The number of rotatable bonds is 5. The Morgan fingerprint density at radius 1 is 0.939 bits per heavy atom. The van der Waals surface area contributed by atoms with Crippen LogP contribution < -0.4 is 16.2 Å². The maximum Gasteiger partial charge on any atom is 0.253 e. The Labute approximate surface area is 190 Å². The topological polar surface area (TPSA) is 98.0 Å². The summed E-state index contributed by atoms with van der Waals surface area (Å²) in [5, 5.41) is 11.1. The summed E-state index contributed by atoms with van der Waals surface area (Å²) in [5.41, 5.74) is 3.88. The molecular formula is C25H25N5O3. The number of hydrogen-bond acceptors (Lipinski definition) is 4. The number of amides is 2. The number of pyridine rings is 1. The lowest BCUT2D eigenvalue weighted by atomic mass is 10.1. The SMILES string of the molecule is CC(=O)Nc1ccc(NC(=O)[C@H](C)n2c(=O)cc(C)c3c(C)nn(-c4ccccc4)c32)cc1. The fourth-order valence-corrected chi connectivity index (χ4v) is 3.96. The average molecular weight is 444 g/mol. The van der Waals surface area contributed by atoms with Gasteiger partial charge in [0.1, 0.15) is 11.7 Å². The van der Waals surface area contributed by atoms with Gasteiger partial charge in [0.05, 0.1) is 11.4 Å². The minimum atomic E-state index is -0.797. The highest BCUT2D eigenvalue weighted by atomic mass is 16.2. The Hall–Kier alpha value is -4.20. The largest absolute Gasteiger partial charge is 0.326 e. The van der Waals surface area contributed by atoms with Gasteiger partial charge in [-0.2, -0.15) is 5.10 Å². The molecule has 0 radical (unpaired) electrons. The fraction of sp³-hybridized carbons (Fsp3) is 0.200. The highest BCUT2D eigenvalue weighted by molar-refractivity contribution is 5.95. The van der Waals surface area contributed by atoms with Crippen LogP contribution >= 0.6 is 0 Å². The average Bonchev–Trinajstić information content (AvgIpc) is 3.12. The highest BCUT2D eigenvalue weighted by Gasteiger charge is 2.24. The van der Waals surface area contributed by atoms with Crippen molar-refractivity contribution in [3.63, 3.8) is 0 Å². The highest BCUT2D eigenvalue weighted by Crippen LogP contribution is 2.26. The zero-order valence-corrected chi connectivity index (χ0v) is 18.9. The molecule has 0 unspecified atom stereocenters. The summed E-state index contributed by atoms with van der Waals surface area (Å²) in [6, 6.07) is 17.1. The van der Waals surface area contributed by atoms with Crippen molar-refractivity contribution in [2.75, 3.05) is 10.6 Å². The first kappa shape index (κ1) is 22.0. The molecule has 168 valence electrons. The molecule has 0 spiro atoms. The van der Waals surface area contributed by atoms with Crippen LogP contribution in [0.5, 0.6) is 0 Å². The molecule has 0 fully saturated rings. The van der Waals surface area contributed by atoms with Gasteiger partial charge in [-0.05, 0) is 62.7 Å². The van der Waals surface area contributed by atoms with Gasteiger partial charge in [0.25, 0.3) is 5.56 Å². The summed E-state index contributed by atoms with van der Waals surface area (Å²) in [4.78, 5) is 37.4. The minimum absolute atomic E-state index is 0.173.